The van der Waals surface area contributed by atoms with Crippen LogP contribution in [0, 0.1) is 16.0 Å². The Morgan fingerprint density at radius 2 is 2.10 bits per heavy atom. The molecule has 1 N–H and O–H groups in total. The van der Waals surface area contributed by atoms with Gasteiger partial charge in [0, 0.05) is 19.2 Å². The van der Waals surface area contributed by atoms with Gasteiger partial charge in [0.25, 0.3) is 5.69 Å². The van der Waals surface area contributed by atoms with Gasteiger partial charge in [0.15, 0.2) is 0 Å². The maximum absolute atomic E-state index is 11.1. The number of hydrogen-bond donors (Lipinski definition) is 1. The molecule has 0 spiro atoms. The minimum Gasteiger partial charge on any atom is -0.380 e. The van der Waals surface area contributed by atoms with Crippen molar-refractivity contribution in [3.8, 4) is 0 Å². The molecule has 0 radical (unpaired) electrons. The van der Waals surface area contributed by atoms with Crippen LogP contribution in [0.3, 0.4) is 0 Å². The summed E-state index contributed by atoms with van der Waals surface area (Å²) in [7, 11) is 0. The molecule has 1 aromatic carbocycles. The molecular formula is C15H23N3O2. The number of nitrogens with zero attached hydrogens (tertiary/aromatic N) is 2. The lowest BCUT2D eigenvalue weighted by molar-refractivity contribution is -0.384. The fourth-order valence-electron chi connectivity index (χ4n) is 2.71. The van der Waals surface area contributed by atoms with Crippen molar-refractivity contribution in [1.29, 1.82) is 0 Å². The molecule has 5 nitrogen and oxygen atoms in total. The highest BCUT2D eigenvalue weighted by Crippen LogP contribution is 2.30. The standard InChI is InChI=1S/C15H23N3O2/c1-3-16-15-13(5-4-6-14(15)18(19)20)11-17-9-7-12(2)8-10-17/h4-6,12,16H,3,7-11H2,1-2H3. The number of anilines is 1. The predicted molar refractivity (Wildman–Crippen MR) is 80.9 cm³/mol. The highest BCUT2D eigenvalue weighted by Gasteiger charge is 2.20. The minimum absolute atomic E-state index is 0.176. The SMILES string of the molecule is CCNc1c(CN2CCC(C)CC2)cccc1[N+](=O)[O-]. The Bertz CT molecular complexity index is 468. The molecule has 1 fully saturated rings. The molecule has 0 atom stereocenters. The largest absolute Gasteiger partial charge is 0.380 e. The van der Waals surface area contributed by atoms with E-state index in [1.807, 2.05) is 13.0 Å². The third-order valence-electron chi connectivity index (χ3n) is 3.95. The summed E-state index contributed by atoms with van der Waals surface area (Å²) in [6, 6.07) is 5.34. The van der Waals surface area contributed by atoms with Gasteiger partial charge in [0.2, 0.25) is 0 Å². The van der Waals surface area contributed by atoms with Crippen LogP contribution in [0.4, 0.5) is 11.4 Å². The molecule has 5 heteroatoms. The summed E-state index contributed by atoms with van der Waals surface area (Å²) in [5.41, 5.74) is 1.88. The molecule has 1 aliphatic rings. The summed E-state index contributed by atoms with van der Waals surface area (Å²) in [6.45, 7) is 7.88. The van der Waals surface area contributed by atoms with E-state index in [2.05, 4.69) is 17.1 Å². The van der Waals surface area contributed by atoms with Crippen molar-refractivity contribution < 1.29 is 4.92 Å². The summed E-state index contributed by atoms with van der Waals surface area (Å²) in [5, 5.41) is 14.3. The van der Waals surface area contributed by atoms with E-state index in [0.29, 0.717) is 12.2 Å². The zero-order chi connectivity index (χ0) is 14.5. The van der Waals surface area contributed by atoms with Crippen LogP contribution in [-0.2, 0) is 6.54 Å². The Labute approximate surface area is 120 Å². The van der Waals surface area contributed by atoms with Gasteiger partial charge in [-0.2, -0.15) is 0 Å². The lowest BCUT2D eigenvalue weighted by atomic mass is 9.98. The first-order valence-electron chi connectivity index (χ1n) is 7.34. The van der Waals surface area contributed by atoms with E-state index in [-0.39, 0.29) is 10.6 Å². The number of benzene rings is 1. The van der Waals surface area contributed by atoms with Gasteiger partial charge in [0.05, 0.1) is 4.92 Å². The maximum Gasteiger partial charge on any atom is 0.292 e. The molecule has 0 aromatic heterocycles. The average molecular weight is 277 g/mol. The number of piperidine rings is 1. The van der Waals surface area contributed by atoms with Crippen molar-refractivity contribution >= 4 is 11.4 Å². The monoisotopic (exact) mass is 277 g/mol. The van der Waals surface area contributed by atoms with Crippen molar-refractivity contribution in [1.82, 2.24) is 4.90 Å². The van der Waals surface area contributed by atoms with Crippen LogP contribution in [0.5, 0.6) is 0 Å². The molecule has 0 bridgehead atoms. The van der Waals surface area contributed by atoms with Gasteiger partial charge in [-0.25, -0.2) is 0 Å². The van der Waals surface area contributed by atoms with Crippen molar-refractivity contribution in [3.63, 3.8) is 0 Å². The number of likely N-dealkylation sites (tertiary alicyclic amines) is 1. The molecule has 110 valence electrons. The van der Waals surface area contributed by atoms with Gasteiger partial charge in [-0.3, -0.25) is 15.0 Å². The van der Waals surface area contributed by atoms with E-state index in [9.17, 15) is 10.1 Å². The third kappa shape index (κ3) is 3.48. The number of nitrogens with one attached hydrogen (secondary N) is 1. The lowest BCUT2D eigenvalue weighted by Gasteiger charge is -2.30. The zero-order valence-corrected chi connectivity index (χ0v) is 12.3. The molecule has 1 saturated heterocycles. The van der Waals surface area contributed by atoms with Gasteiger partial charge in [0.1, 0.15) is 5.69 Å². The van der Waals surface area contributed by atoms with Crippen LogP contribution in [0.25, 0.3) is 0 Å². The van der Waals surface area contributed by atoms with E-state index in [1.165, 1.54) is 12.8 Å². The Hall–Kier alpha value is -1.62. The molecular weight excluding hydrogens is 254 g/mol. The second-order valence-electron chi connectivity index (χ2n) is 5.56. The summed E-state index contributed by atoms with van der Waals surface area (Å²) in [6.07, 6.45) is 2.43. The molecule has 0 unspecified atom stereocenters. The first-order valence-corrected chi connectivity index (χ1v) is 7.34. The maximum atomic E-state index is 11.1. The van der Waals surface area contributed by atoms with E-state index in [0.717, 1.165) is 31.1 Å². The average Bonchev–Trinajstić information content (AvgIpc) is 2.43. The van der Waals surface area contributed by atoms with Crippen LogP contribution < -0.4 is 5.32 Å². The Balaban J connectivity index is 2.17. The topological polar surface area (TPSA) is 58.4 Å². The second kappa shape index (κ2) is 6.70. The quantitative estimate of drug-likeness (QED) is 0.663. The van der Waals surface area contributed by atoms with Crippen molar-refractivity contribution in [3.05, 3.63) is 33.9 Å². The Morgan fingerprint density at radius 1 is 1.40 bits per heavy atom. The van der Waals surface area contributed by atoms with Crippen LogP contribution in [-0.4, -0.2) is 29.5 Å². The van der Waals surface area contributed by atoms with Crippen molar-refractivity contribution in [2.24, 2.45) is 5.92 Å². The van der Waals surface area contributed by atoms with E-state index in [4.69, 9.17) is 0 Å². The van der Waals surface area contributed by atoms with Crippen molar-refractivity contribution in [2.45, 2.75) is 33.2 Å². The molecule has 1 aliphatic heterocycles. The third-order valence-corrected chi connectivity index (χ3v) is 3.95. The zero-order valence-electron chi connectivity index (χ0n) is 12.3. The van der Waals surface area contributed by atoms with E-state index in [1.54, 1.807) is 12.1 Å². The molecule has 1 aromatic rings. The molecule has 0 saturated carbocycles. The van der Waals surface area contributed by atoms with Gasteiger partial charge >= 0.3 is 0 Å². The van der Waals surface area contributed by atoms with E-state index < -0.39 is 0 Å². The molecule has 0 aliphatic carbocycles. The van der Waals surface area contributed by atoms with Gasteiger partial charge in [-0.1, -0.05) is 19.1 Å². The smallest absolute Gasteiger partial charge is 0.292 e. The highest BCUT2D eigenvalue weighted by molar-refractivity contribution is 5.66. The minimum atomic E-state index is -0.306. The van der Waals surface area contributed by atoms with Crippen LogP contribution >= 0.6 is 0 Å². The van der Waals surface area contributed by atoms with Crippen LogP contribution in [0.15, 0.2) is 18.2 Å². The Morgan fingerprint density at radius 3 is 2.70 bits per heavy atom. The van der Waals surface area contributed by atoms with Crippen LogP contribution in [0.2, 0.25) is 0 Å². The predicted octanol–water partition coefficient (Wildman–Crippen LogP) is 3.26. The summed E-state index contributed by atoms with van der Waals surface area (Å²) in [5.74, 6) is 0.796. The number of para-hydroxylation sites is 1. The molecule has 20 heavy (non-hydrogen) atoms. The number of rotatable bonds is 5. The fourth-order valence-corrected chi connectivity index (χ4v) is 2.71. The second-order valence-corrected chi connectivity index (χ2v) is 5.56. The first-order chi connectivity index (χ1) is 9.61. The molecule has 2 rings (SSSR count). The van der Waals surface area contributed by atoms with E-state index >= 15 is 0 Å². The summed E-state index contributed by atoms with van der Waals surface area (Å²) in [4.78, 5) is 13.2. The molecule has 1 heterocycles. The Kier molecular flexibility index (Phi) is 4.95. The lowest BCUT2D eigenvalue weighted by Crippen LogP contribution is -2.32. The normalized spacial score (nSPS) is 17.1. The van der Waals surface area contributed by atoms with Gasteiger partial charge in [-0.15, -0.1) is 0 Å². The highest BCUT2D eigenvalue weighted by atomic mass is 16.6. The number of hydrogen-bond acceptors (Lipinski definition) is 4. The van der Waals surface area contributed by atoms with Gasteiger partial charge in [-0.05, 0) is 44.3 Å². The number of nitro groups is 1. The summed E-state index contributed by atoms with van der Waals surface area (Å²) < 4.78 is 0. The summed E-state index contributed by atoms with van der Waals surface area (Å²) >= 11 is 0. The first kappa shape index (κ1) is 14.8. The van der Waals surface area contributed by atoms with Gasteiger partial charge < -0.3 is 5.32 Å². The molecule has 0 amide bonds. The number of nitro benzene ring substituents is 1. The van der Waals surface area contributed by atoms with Crippen molar-refractivity contribution in [2.75, 3.05) is 25.0 Å². The van der Waals surface area contributed by atoms with Crippen LogP contribution in [0.1, 0.15) is 32.3 Å². The fraction of sp³-hybridized carbons (Fsp3) is 0.600.